The number of aromatic nitrogens is 1. The summed E-state index contributed by atoms with van der Waals surface area (Å²) in [6.07, 6.45) is 6.17. The Balaban J connectivity index is 1.84. The molecule has 1 aliphatic rings. The van der Waals surface area contributed by atoms with Crippen LogP contribution in [0.1, 0.15) is 37.8 Å². The molecule has 2 aromatic heterocycles. The van der Waals surface area contributed by atoms with Crippen molar-refractivity contribution in [2.75, 3.05) is 6.61 Å². The van der Waals surface area contributed by atoms with Crippen LogP contribution in [0.2, 0.25) is 0 Å². The van der Waals surface area contributed by atoms with Gasteiger partial charge in [-0.05, 0) is 48.9 Å². The fourth-order valence-corrected chi connectivity index (χ4v) is 4.57. The molecule has 0 aliphatic carbocycles. The van der Waals surface area contributed by atoms with E-state index in [-0.39, 0.29) is 6.10 Å². The fourth-order valence-electron chi connectivity index (χ4n) is 3.66. The van der Waals surface area contributed by atoms with Crippen LogP contribution in [0.3, 0.4) is 0 Å². The lowest BCUT2D eigenvalue weighted by molar-refractivity contribution is 0.0967. The van der Waals surface area contributed by atoms with E-state index in [0.29, 0.717) is 0 Å². The van der Waals surface area contributed by atoms with Crippen LogP contribution in [0.15, 0.2) is 51.4 Å². The summed E-state index contributed by atoms with van der Waals surface area (Å²) in [6.45, 7) is 6.05. The maximum absolute atomic E-state index is 5.91. The number of benzene rings is 1. The molecule has 1 aromatic carbocycles. The van der Waals surface area contributed by atoms with Gasteiger partial charge in [-0.25, -0.2) is 4.99 Å². The molecular formula is C22H26N2O2S. The highest BCUT2D eigenvalue weighted by Gasteiger charge is 2.20. The summed E-state index contributed by atoms with van der Waals surface area (Å²) in [7, 11) is 0. The molecule has 142 valence electrons. The van der Waals surface area contributed by atoms with Gasteiger partial charge in [-0.15, -0.1) is 11.3 Å². The van der Waals surface area contributed by atoms with Gasteiger partial charge >= 0.3 is 0 Å². The number of furan rings is 1. The third-order valence-corrected chi connectivity index (χ3v) is 6.02. The Bertz CT molecular complexity index is 925. The molecule has 3 aromatic rings. The van der Waals surface area contributed by atoms with Crippen molar-refractivity contribution >= 4 is 17.0 Å². The molecule has 0 radical (unpaired) electrons. The van der Waals surface area contributed by atoms with E-state index >= 15 is 0 Å². The summed E-state index contributed by atoms with van der Waals surface area (Å²) in [4.78, 5) is 6.15. The van der Waals surface area contributed by atoms with Crippen LogP contribution < -0.4 is 4.80 Å². The van der Waals surface area contributed by atoms with E-state index in [1.165, 1.54) is 11.1 Å². The minimum absolute atomic E-state index is 0.249. The Hall–Kier alpha value is -2.11. The second-order valence-electron chi connectivity index (χ2n) is 6.87. The van der Waals surface area contributed by atoms with Crippen LogP contribution in [-0.4, -0.2) is 17.3 Å². The van der Waals surface area contributed by atoms with Crippen LogP contribution in [0.25, 0.3) is 11.5 Å². The standard InChI is InChI=1S/C22H26N2O2S/c1-3-16-8-5-9-17(4-2)21(16)23-22-24(14-18-10-6-12-25-18)19(15-27-22)20-11-7-13-26-20/h5,7-9,11,13,15,18H,3-4,6,10,12,14H2,1-2H3. The van der Waals surface area contributed by atoms with E-state index in [1.807, 2.05) is 12.1 Å². The van der Waals surface area contributed by atoms with Gasteiger partial charge in [-0.1, -0.05) is 32.0 Å². The number of para-hydroxylation sites is 1. The Morgan fingerprint density at radius 3 is 2.59 bits per heavy atom. The predicted octanol–water partition coefficient (Wildman–Crippen LogP) is 5.35. The molecule has 4 nitrogen and oxygen atoms in total. The molecule has 0 N–H and O–H groups in total. The molecule has 1 atom stereocenters. The lowest BCUT2D eigenvalue weighted by Gasteiger charge is -2.13. The van der Waals surface area contributed by atoms with E-state index in [2.05, 4.69) is 42.0 Å². The summed E-state index contributed by atoms with van der Waals surface area (Å²) in [5, 5.41) is 2.15. The van der Waals surface area contributed by atoms with Gasteiger partial charge in [0, 0.05) is 12.0 Å². The number of rotatable bonds is 6. The molecule has 1 unspecified atom stereocenters. The first-order valence-corrected chi connectivity index (χ1v) is 10.7. The number of hydrogen-bond donors (Lipinski definition) is 0. The minimum atomic E-state index is 0.249. The quantitative estimate of drug-likeness (QED) is 0.577. The molecule has 0 saturated carbocycles. The van der Waals surface area contributed by atoms with Crippen molar-refractivity contribution in [2.24, 2.45) is 4.99 Å². The highest BCUT2D eigenvalue weighted by Crippen LogP contribution is 2.27. The molecule has 4 rings (SSSR count). The lowest BCUT2D eigenvalue weighted by Crippen LogP contribution is -2.24. The average molecular weight is 383 g/mol. The van der Waals surface area contributed by atoms with Crippen molar-refractivity contribution in [2.45, 2.75) is 52.2 Å². The van der Waals surface area contributed by atoms with E-state index in [4.69, 9.17) is 14.1 Å². The van der Waals surface area contributed by atoms with Gasteiger partial charge < -0.3 is 13.7 Å². The number of nitrogens with zero attached hydrogens (tertiary/aromatic N) is 2. The van der Waals surface area contributed by atoms with Gasteiger partial charge in [0.1, 0.15) is 0 Å². The van der Waals surface area contributed by atoms with Crippen molar-refractivity contribution in [3.05, 3.63) is 57.9 Å². The fraction of sp³-hybridized carbons (Fsp3) is 0.409. The van der Waals surface area contributed by atoms with Crippen molar-refractivity contribution in [1.82, 2.24) is 4.57 Å². The number of ether oxygens (including phenoxy) is 1. The number of thiazole rings is 1. The summed E-state index contributed by atoms with van der Waals surface area (Å²) in [5.74, 6) is 0.880. The van der Waals surface area contributed by atoms with Crippen molar-refractivity contribution in [1.29, 1.82) is 0 Å². The SMILES string of the molecule is CCc1cccc(CC)c1N=c1scc(-c2ccco2)n1CC1CCCO1. The normalized spacial score (nSPS) is 17.7. The van der Waals surface area contributed by atoms with Crippen LogP contribution in [0, 0.1) is 0 Å². The molecule has 0 spiro atoms. The summed E-state index contributed by atoms with van der Waals surface area (Å²) < 4.78 is 13.9. The van der Waals surface area contributed by atoms with E-state index in [9.17, 15) is 0 Å². The lowest BCUT2D eigenvalue weighted by atomic mass is 10.0. The predicted molar refractivity (Wildman–Crippen MR) is 109 cm³/mol. The molecule has 3 heterocycles. The summed E-state index contributed by atoms with van der Waals surface area (Å²) in [5.41, 5.74) is 4.79. The first-order chi connectivity index (χ1) is 13.3. The summed E-state index contributed by atoms with van der Waals surface area (Å²) >= 11 is 1.67. The van der Waals surface area contributed by atoms with Crippen molar-refractivity contribution in [3.8, 4) is 11.5 Å². The molecule has 27 heavy (non-hydrogen) atoms. The Morgan fingerprint density at radius 2 is 1.96 bits per heavy atom. The first kappa shape index (κ1) is 18.3. The van der Waals surface area contributed by atoms with Gasteiger partial charge in [-0.2, -0.15) is 0 Å². The monoisotopic (exact) mass is 382 g/mol. The molecule has 0 bridgehead atoms. The number of hydrogen-bond acceptors (Lipinski definition) is 4. The summed E-state index contributed by atoms with van der Waals surface area (Å²) in [6, 6.07) is 10.4. The Kier molecular flexibility index (Phi) is 5.60. The minimum Gasteiger partial charge on any atom is -0.463 e. The van der Waals surface area contributed by atoms with Crippen molar-refractivity contribution in [3.63, 3.8) is 0 Å². The van der Waals surface area contributed by atoms with E-state index in [0.717, 1.165) is 60.8 Å². The maximum Gasteiger partial charge on any atom is 0.190 e. The topological polar surface area (TPSA) is 39.7 Å². The van der Waals surface area contributed by atoms with Gasteiger partial charge in [0.25, 0.3) is 0 Å². The molecular weight excluding hydrogens is 356 g/mol. The highest BCUT2D eigenvalue weighted by atomic mass is 32.1. The smallest absolute Gasteiger partial charge is 0.190 e. The largest absolute Gasteiger partial charge is 0.463 e. The zero-order valence-corrected chi connectivity index (χ0v) is 16.8. The van der Waals surface area contributed by atoms with Crippen LogP contribution >= 0.6 is 11.3 Å². The molecule has 1 aliphatic heterocycles. The second-order valence-corrected chi connectivity index (χ2v) is 7.71. The Labute approximate surface area is 164 Å². The third-order valence-electron chi connectivity index (χ3n) is 5.15. The Morgan fingerprint density at radius 1 is 1.15 bits per heavy atom. The molecule has 0 amide bonds. The highest BCUT2D eigenvalue weighted by molar-refractivity contribution is 7.07. The van der Waals surface area contributed by atoms with Gasteiger partial charge in [0.2, 0.25) is 0 Å². The van der Waals surface area contributed by atoms with Crippen molar-refractivity contribution < 1.29 is 9.15 Å². The zero-order chi connectivity index (χ0) is 18.6. The average Bonchev–Trinajstić information content (AvgIpc) is 3.45. The van der Waals surface area contributed by atoms with Crippen LogP contribution in [0.5, 0.6) is 0 Å². The third kappa shape index (κ3) is 3.80. The molecule has 1 saturated heterocycles. The number of aryl methyl sites for hydroxylation is 2. The van der Waals surface area contributed by atoms with Gasteiger partial charge in [0.05, 0.1) is 30.3 Å². The van der Waals surface area contributed by atoms with E-state index in [1.54, 1.807) is 17.6 Å². The molecule has 5 heteroatoms. The second kappa shape index (κ2) is 8.28. The van der Waals surface area contributed by atoms with E-state index < -0.39 is 0 Å². The molecule has 1 fully saturated rings. The van der Waals surface area contributed by atoms with Crippen LogP contribution in [-0.2, 0) is 24.1 Å². The van der Waals surface area contributed by atoms with Gasteiger partial charge in [-0.3, -0.25) is 0 Å². The zero-order valence-electron chi connectivity index (χ0n) is 16.0. The van der Waals surface area contributed by atoms with Gasteiger partial charge in [0.15, 0.2) is 10.6 Å². The maximum atomic E-state index is 5.91. The first-order valence-electron chi connectivity index (χ1n) is 9.79. The van der Waals surface area contributed by atoms with Crippen LogP contribution in [0.4, 0.5) is 5.69 Å².